The molecule has 128 valence electrons. The van der Waals surface area contributed by atoms with Crippen LogP contribution in [0.15, 0.2) is 18.2 Å². The molecule has 3 rings (SSSR count). The fourth-order valence-corrected chi connectivity index (χ4v) is 2.79. The Kier molecular flexibility index (Phi) is 4.04. The van der Waals surface area contributed by atoms with Crippen molar-refractivity contribution in [2.45, 2.75) is 25.3 Å². The van der Waals surface area contributed by atoms with E-state index < -0.39 is 23.4 Å². The molecule has 0 saturated carbocycles. The van der Waals surface area contributed by atoms with Gasteiger partial charge in [0.1, 0.15) is 5.54 Å². The van der Waals surface area contributed by atoms with E-state index in [1.165, 1.54) is 0 Å². The summed E-state index contributed by atoms with van der Waals surface area (Å²) < 4.78 is 11.2. The summed E-state index contributed by atoms with van der Waals surface area (Å²) in [6.07, 6.45) is 0.703. The molecule has 4 amide bonds. The van der Waals surface area contributed by atoms with Crippen LogP contribution in [-0.4, -0.2) is 42.5 Å². The van der Waals surface area contributed by atoms with Gasteiger partial charge in [-0.15, -0.1) is 0 Å². The second kappa shape index (κ2) is 6.03. The molecule has 1 aromatic carbocycles. The molecule has 1 saturated heterocycles. The Hall–Kier alpha value is -2.77. The van der Waals surface area contributed by atoms with E-state index in [-0.39, 0.29) is 13.0 Å². The quantitative estimate of drug-likeness (QED) is 0.779. The number of rotatable bonds is 4. The van der Waals surface area contributed by atoms with Crippen LogP contribution >= 0.6 is 0 Å². The lowest BCUT2D eigenvalue weighted by Gasteiger charge is -2.23. The van der Waals surface area contributed by atoms with Crippen LogP contribution in [0.4, 0.5) is 4.79 Å². The normalized spacial score (nSPS) is 23.0. The van der Waals surface area contributed by atoms with Gasteiger partial charge in [0, 0.05) is 19.4 Å². The number of fused-ring (bicyclic) bond motifs is 1. The average Bonchev–Trinajstić information content (AvgIpc) is 2.72. The largest absolute Gasteiger partial charge is 0.490 e. The highest BCUT2D eigenvalue weighted by molar-refractivity contribution is 6.07. The first-order chi connectivity index (χ1) is 11.4. The number of hydrogen-bond donors (Lipinski definition) is 2. The van der Waals surface area contributed by atoms with Crippen LogP contribution < -0.4 is 20.5 Å². The number of imide groups is 1. The third-order valence-electron chi connectivity index (χ3n) is 4.18. The summed E-state index contributed by atoms with van der Waals surface area (Å²) in [6.45, 7) is 2.68. The van der Waals surface area contributed by atoms with Crippen molar-refractivity contribution in [2.24, 2.45) is 5.73 Å². The molecule has 8 heteroatoms. The van der Waals surface area contributed by atoms with E-state index in [2.05, 4.69) is 5.32 Å². The first kappa shape index (κ1) is 16.1. The number of carbonyl (C=O) groups excluding carboxylic acids is 3. The maximum atomic E-state index is 12.7. The topological polar surface area (TPSA) is 111 Å². The van der Waals surface area contributed by atoms with Crippen LogP contribution in [0.1, 0.15) is 25.3 Å². The molecule has 2 heterocycles. The van der Waals surface area contributed by atoms with Crippen LogP contribution in [0.3, 0.4) is 0 Å². The Morgan fingerprint density at radius 2 is 2.00 bits per heavy atom. The van der Waals surface area contributed by atoms with Gasteiger partial charge in [-0.05, 0) is 24.6 Å². The predicted octanol–water partition coefficient (Wildman–Crippen LogP) is 0.490. The maximum Gasteiger partial charge on any atom is 0.325 e. The molecule has 1 atom stereocenters. The summed E-state index contributed by atoms with van der Waals surface area (Å²) in [7, 11) is 0. The molecule has 0 spiro atoms. The number of nitrogens with two attached hydrogens (primary N) is 1. The summed E-state index contributed by atoms with van der Waals surface area (Å²) >= 11 is 0. The molecule has 24 heavy (non-hydrogen) atoms. The number of carbonyl (C=O) groups is 3. The van der Waals surface area contributed by atoms with E-state index in [4.69, 9.17) is 15.2 Å². The number of nitrogens with one attached hydrogen (secondary N) is 1. The average molecular weight is 333 g/mol. The van der Waals surface area contributed by atoms with Crippen molar-refractivity contribution in [2.75, 3.05) is 19.8 Å². The number of urea groups is 1. The number of primary amides is 1. The van der Waals surface area contributed by atoms with Crippen LogP contribution in [0.5, 0.6) is 11.5 Å². The molecule has 0 unspecified atom stereocenters. The van der Waals surface area contributed by atoms with Crippen LogP contribution in [0, 0.1) is 0 Å². The van der Waals surface area contributed by atoms with Crippen molar-refractivity contribution < 1.29 is 23.9 Å². The van der Waals surface area contributed by atoms with Gasteiger partial charge in [-0.3, -0.25) is 14.5 Å². The molecule has 0 radical (unpaired) electrons. The number of hydrogen-bond acceptors (Lipinski definition) is 5. The fraction of sp³-hybridized carbons (Fsp3) is 0.438. The zero-order valence-electron chi connectivity index (χ0n) is 13.3. The third-order valence-corrected chi connectivity index (χ3v) is 4.18. The molecule has 3 N–H and O–H groups in total. The summed E-state index contributed by atoms with van der Waals surface area (Å²) in [6, 6.07) is 4.61. The van der Waals surface area contributed by atoms with Crippen molar-refractivity contribution in [3.8, 4) is 11.5 Å². The zero-order chi connectivity index (χ0) is 17.3. The number of benzene rings is 1. The van der Waals surface area contributed by atoms with E-state index in [1.54, 1.807) is 25.1 Å². The number of amides is 4. The van der Waals surface area contributed by atoms with E-state index in [1.807, 2.05) is 0 Å². The van der Waals surface area contributed by atoms with Gasteiger partial charge in [0.2, 0.25) is 5.91 Å². The van der Waals surface area contributed by atoms with E-state index >= 15 is 0 Å². The number of nitrogens with zero attached hydrogens (tertiary/aromatic N) is 1. The van der Waals surface area contributed by atoms with Crippen molar-refractivity contribution in [1.29, 1.82) is 0 Å². The highest BCUT2D eigenvalue weighted by atomic mass is 16.5. The second-order valence-corrected chi connectivity index (χ2v) is 5.94. The van der Waals surface area contributed by atoms with Gasteiger partial charge in [-0.1, -0.05) is 6.07 Å². The van der Waals surface area contributed by atoms with E-state index in [9.17, 15) is 14.4 Å². The lowest BCUT2D eigenvalue weighted by Crippen LogP contribution is -2.41. The molecular weight excluding hydrogens is 314 g/mol. The minimum atomic E-state index is -1.22. The Bertz CT molecular complexity index is 705. The molecule has 2 aliphatic rings. The lowest BCUT2D eigenvalue weighted by atomic mass is 9.91. The van der Waals surface area contributed by atoms with Gasteiger partial charge in [0.25, 0.3) is 5.91 Å². The summed E-state index contributed by atoms with van der Waals surface area (Å²) in [5.74, 6) is 0.161. The highest BCUT2D eigenvalue weighted by Crippen LogP contribution is 2.36. The Morgan fingerprint density at radius 3 is 2.71 bits per heavy atom. The van der Waals surface area contributed by atoms with Crippen LogP contribution in [0.2, 0.25) is 0 Å². The van der Waals surface area contributed by atoms with Gasteiger partial charge in [-0.25, -0.2) is 4.79 Å². The zero-order valence-corrected chi connectivity index (χ0v) is 13.3. The first-order valence-electron chi connectivity index (χ1n) is 7.74. The van der Waals surface area contributed by atoms with E-state index in [0.29, 0.717) is 30.3 Å². The smallest absolute Gasteiger partial charge is 0.325 e. The van der Waals surface area contributed by atoms with Crippen LogP contribution in [0.25, 0.3) is 0 Å². The first-order valence-corrected chi connectivity index (χ1v) is 7.74. The molecule has 2 aliphatic heterocycles. The van der Waals surface area contributed by atoms with Crippen molar-refractivity contribution in [3.05, 3.63) is 23.8 Å². The molecule has 1 fully saturated rings. The lowest BCUT2D eigenvalue weighted by molar-refractivity contribution is -0.131. The Morgan fingerprint density at radius 1 is 1.29 bits per heavy atom. The fourth-order valence-electron chi connectivity index (χ4n) is 2.79. The molecule has 8 nitrogen and oxygen atoms in total. The van der Waals surface area contributed by atoms with E-state index in [0.717, 1.165) is 11.3 Å². The van der Waals surface area contributed by atoms with Gasteiger partial charge < -0.3 is 20.5 Å². The predicted molar refractivity (Wildman–Crippen MR) is 83.5 cm³/mol. The summed E-state index contributed by atoms with van der Waals surface area (Å²) in [5.41, 5.74) is 4.46. The van der Waals surface area contributed by atoms with Crippen molar-refractivity contribution in [1.82, 2.24) is 10.2 Å². The SMILES string of the molecule is C[C@]1(c2ccc3c(c2)OCCCO3)NC(=O)N(CCC(N)=O)C1=O. The molecular formula is C16H19N3O5. The third kappa shape index (κ3) is 2.75. The molecule has 1 aromatic rings. The maximum absolute atomic E-state index is 12.7. The molecule has 0 aliphatic carbocycles. The number of ether oxygens (including phenoxy) is 2. The monoisotopic (exact) mass is 333 g/mol. The standard InChI is InChI=1S/C16H19N3O5/c1-16(14(21)19(15(22)18-16)6-5-13(17)20)10-3-4-11-12(9-10)24-8-2-7-23-11/h3-4,9H,2,5-8H2,1H3,(H2,17,20)(H,18,22)/t16-/m1/s1. The van der Waals surface area contributed by atoms with Gasteiger partial charge in [-0.2, -0.15) is 0 Å². The Labute approximate surface area is 138 Å². The highest BCUT2D eigenvalue weighted by Gasteiger charge is 2.49. The summed E-state index contributed by atoms with van der Waals surface area (Å²) in [4.78, 5) is 36.7. The second-order valence-electron chi connectivity index (χ2n) is 5.94. The Balaban J connectivity index is 1.88. The van der Waals surface area contributed by atoms with Crippen molar-refractivity contribution in [3.63, 3.8) is 0 Å². The minimum Gasteiger partial charge on any atom is -0.490 e. The van der Waals surface area contributed by atoms with Crippen molar-refractivity contribution >= 4 is 17.8 Å². The van der Waals surface area contributed by atoms with Gasteiger partial charge >= 0.3 is 6.03 Å². The van der Waals surface area contributed by atoms with Crippen LogP contribution in [-0.2, 0) is 15.1 Å². The van der Waals surface area contributed by atoms with Gasteiger partial charge in [0.05, 0.1) is 13.2 Å². The van der Waals surface area contributed by atoms with Gasteiger partial charge in [0.15, 0.2) is 11.5 Å². The summed E-state index contributed by atoms with van der Waals surface area (Å²) in [5, 5.41) is 2.68. The molecule has 0 aromatic heterocycles. The minimum absolute atomic E-state index is 0.0415. The molecule has 0 bridgehead atoms.